The number of nitrogens with zero attached hydrogens (tertiary/aromatic N) is 1. The van der Waals surface area contributed by atoms with E-state index in [0.29, 0.717) is 30.8 Å². The molecule has 1 heterocycles. The second-order valence-electron chi connectivity index (χ2n) is 11.1. The summed E-state index contributed by atoms with van der Waals surface area (Å²) in [6.45, 7) is 11.9. The molecule has 7 heteroatoms. The summed E-state index contributed by atoms with van der Waals surface area (Å²) in [6, 6.07) is 13.7. The van der Waals surface area contributed by atoms with Crippen molar-refractivity contribution >= 4 is 40.1 Å². The summed E-state index contributed by atoms with van der Waals surface area (Å²) >= 11 is 0. The molecule has 0 radical (unpaired) electrons. The Morgan fingerprint density at radius 2 is 1.51 bits per heavy atom. The molecule has 3 aromatic rings. The van der Waals surface area contributed by atoms with Crippen molar-refractivity contribution in [3.05, 3.63) is 70.8 Å². The maximum atomic E-state index is 14.4. The molecule has 2 N–H and O–H groups in total. The van der Waals surface area contributed by atoms with Gasteiger partial charge in [0.25, 0.3) is 0 Å². The highest BCUT2D eigenvalue weighted by Gasteiger charge is 2.56. The molecule has 1 unspecified atom stereocenters. The zero-order valence-electron chi connectivity index (χ0n) is 22.4. The molecular weight excluding hydrogens is 466 g/mol. The Kier molecular flexibility index (Phi) is 6.86. The zero-order chi connectivity index (χ0) is 27.1. The lowest BCUT2D eigenvalue weighted by Crippen LogP contribution is -2.69. The molecule has 1 saturated heterocycles. The van der Waals surface area contributed by atoms with Gasteiger partial charge in [0.2, 0.25) is 0 Å². The van der Waals surface area contributed by atoms with E-state index < -0.39 is 23.6 Å². The number of urea groups is 1. The quantitative estimate of drug-likeness (QED) is 0.487. The van der Waals surface area contributed by atoms with Gasteiger partial charge in [0.15, 0.2) is 0 Å². The molecule has 1 aliphatic rings. The zero-order valence-corrected chi connectivity index (χ0v) is 22.4. The van der Waals surface area contributed by atoms with Crippen LogP contribution in [0.1, 0.15) is 60.7 Å². The molecule has 0 bridgehead atoms. The molecule has 37 heavy (non-hydrogen) atoms. The lowest BCUT2D eigenvalue weighted by atomic mass is 9.94. The van der Waals surface area contributed by atoms with Gasteiger partial charge in [0.05, 0.1) is 23.7 Å². The summed E-state index contributed by atoms with van der Waals surface area (Å²) in [5, 5.41) is 19.7. The highest BCUT2D eigenvalue weighted by atomic mass is 16.4. The van der Waals surface area contributed by atoms with Crippen LogP contribution >= 0.6 is 0 Å². The number of anilines is 2. The van der Waals surface area contributed by atoms with E-state index in [2.05, 4.69) is 10.6 Å². The Hall–Kier alpha value is -3.71. The van der Waals surface area contributed by atoms with Crippen LogP contribution in [0.3, 0.4) is 0 Å². The van der Waals surface area contributed by atoms with Crippen molar-refractivity contribution in [3.63, 3.8) is 0 Å². The smallest absolute Gasteiger partial charge is 0.348 e. The first-order valence-electron chi connectivity index (χ1n) is 12.7. The molecule has 1 fully saturated rings. The number of fused-ring (bicyclic) bond motifs is 1. The van der Waals surface area contributed by atoms with Gasteiger partial charge >= 0.3 is 11.9 Å². The van der Waals surface area contributed by atoms with Crippen LogP contribution in [-0.4, -0.2) is 40.5 Å². The van der Waals surface area contributed by atoms with Gasteiger partial charge in [-0.15, -0.1) is 0 Å². The lowest BCUT2D eigenvalue weighted by molar-refractivity contribution is -0.901. The predicted octanol–water partition coefficient (Wildman–Crippen LogP) is 5.08. The normalized spacial score (nSPS) is 19.6. The Morgan fingerprint density at radius 1 is 0.919 bits per heavy atom. The van der Waals surface area contributed by atoms with E-state index in [1.165, 1.54) is 0 Å². The first kappa shape index (κ1) is 26.4. The minimum Gasteiger partial charge on any atom is -0.544 e. The number of quaternary nitrogens is 1. The van der Waals surface area contributed by atoms with Gasteiger partial charge in [-0.2, -0.15) is 0 Å². The summed E-state index contributed by atoms with van der Waals surface area (Å²) in [5.41, 5.74) is 3.63. The summed E-state index contributed by atoms with van der Waals surface area (Å²) in [7, 11) is 0. The van der Waals surface area contributed by atoms with Crippen LogP contribution in [-0.2, 0) is 4.79 Å². The molecule has 0 aromatic heterocycles. The van der Waals surface area contributed by atoms with Crippen LogP contribution in [0.15, 0.2) is 48.5 Å². The van der Waals surface area contributed by atoms with Gasteiger partial charge < -0.3 is 20.5 Å². The monoisotopic (exact) mass is 501 g/mol. The highest BCUT2D eigenvalue weighted by molar-refractivity contribution is 6.08. The molecule has 194 valence electrons. The summed E-state index contributed by atoms with van der Waals surface area (Å²) in [5.74, 6) is -1.55. The van der Waals surface area contributed by atoms with Gasteiger partial charge in [0, 0.05) is 18.5 Å². The van der Waals surface area contributed by atoms with E-state index in [1.54, 1.807) is 12.1 Å². The first-order chi connectivity index (χ1) is 17.3. The van der Waals surface area contributed by atoms with Crippen molar-refractivity contribution in [3.8, 4) is 0 Å². The van der Waals surface area contributed by atoms with E-state index >= 15 is 0 Å². The number of carboxylic acid groups (broad SMARTS) is 1. The average Bonchev–Trinajstić information content (AvgIpc) is 3.27. The number of aliphatic carboxylic acids is 1. The Bertz CT molecular complexity index is 1380. The molecule has 3 aromatic carbocycles. The van der Waals surface area contributed by atoms with E-state index in [-0.39, 0.29) is 16.0 Å². The molecule has 2 atom stereocenters. The number of nitrogens with one attached hydrogen (secondary N) is 2. The second kappa shape index (κ2) is 9.63. The van der Waals surface area contributed by atoms with Crippen LogP contribution in [0.2, 0.25) is 0 Å². The summed E-state index contributed by atoms with van der Waals surface area (Å²) < 4.78 is -0.264. The summed E-state index contributed by atoms with van der Waals surface area (Å²) in [4.78, 5) is 39.8. The van der Waals surface area contributed by atoms with E-state index in [4.69, 9.17) is 0 Å². The van der Waals surface area contributed by atoms with Crippen molar-refractivity contribution in [1.82, 2.24) is 0 Å². The number of likely N-dealkylation sites (tertiary alicyclic amines) is 1. The maximum Gasteiger partial charge on any atom is 0.348 e. The van der Waals surface area contributed by atoms with Crippen LogP contribution in [0, 0.1) is 20.8 Å². The van der Waals surface area contributed by atoms with Crippen LogP contribution < -0.4 is 15.7 Å². The number of carbonyl (C=O) groups is 3. The second-order valence-corrected chi connectivity index (χ2v) is 11.1. The Labute approximate surface area is 218 Å². The fraction of sp³-hybridized carbons (Fsp3) is 0.367. The molecule has 0 saturated carbocycles. The van der Waals surface area contributed by atoms with Gasteiger partial charge in [-0.1, -0.05) is 42.0 Å². The SMILES string of the molecule is Cc1cc(C)c(NC(=O)Nc2cc3ccccc3cc2C(=O)[N+]2(C(C)(C)C)CCC[C@@H]2C(=O)[O-])c(C)c1. The first-order valence-corrected chi connectivity index (χ1v) is 12.7. The minimum absolute atomic E-state index is 0.264. The standard InChI is InChI=1S/C30H35N3O4/c1-18-14-19(2)26(20(3)15-18)32-29(37)31-24-17-22-11-8-7-10-21(22)16-23(24)27(34)33(30(4,5)6)13-9-12-25(33)28(35)36/h7-8,10-11,14-17,25H,9,12-13H2,1-6H3,(H2-,31,32,34,35,36,37)/t25-,33?/m1/s1. The topological polar surface area (TPSA) is 98.3 Å². The molecule has 1 aliphatic heterocycles. The summed E-state index contributed by atoms with van der Waals surface area (Å²) in [6.07, 6.45) is 0.971. The minimum atomic E-state index is -1.22. The predicted molar refractivity (Wildman–Crippen MR) is 144 cm³/mol. The van der Waals surface area contributed by atoms with E-state index in [1.807, 2.05) is 77.9 Å². The lowest BCUT2D eigenvalue weighted by Gasteiger charge is -2.47. The van der Waals surface area contributed by atoms with Crippen molar-refractivity contribution in [2.45, 2.75) is 66.0 Å². The molecule has 0 aliphatic carbocycles. The number of amides is 3. The average molecular weight is 502 g/mol. The number of hydrogen-bond donors (Lipinski definition) is 2. The van der Waals surface area contributed by atoms with Crippen LogP contribution in [0.25, 0.3) is 10.8 Å². The number of aryl methyl sites for hydroxylation is 3. The fourth-order valence-electron chi connectivity index (χ4n) is 5.94. The number of hydrogen-bond acceptors (Lipinski definition) is 4. The molecule has 3 amide bonds. The van der Waals surface area contributed by atoms with Gasteiger partial charge in [0.1, 0.15) is 11.6 Å². The van der Waals surface area contributed by atoms with Crippen molar-refractivity contribution in [2.24, 2.45) is 0 Å². The largest absolute Gasteiger partial charge is 0.544 e. The number of carboxylic acids is 1. The van der Waals surface area contributed by atoms with Gasteiger partial charge in [-0.05, 0) is 75.6 Å². The Morgan fingerprint density at radius 3 is 2.08 bits per heavy atom. The van der Waals surface area contributed by atoms with Gasteiger partial charge in [-0.25, -0.2) is 14.1 Å². The number of carbonyl (C=O) groups excluding carboxylic acids is 3. The molecular formula is C30H35N3O4. The third-order valence-corrected chi connectivity index (χ3v) is 7.63. The van der Waals surface area contributed by atoms with E-state index in [0.717, 1.165) is 27.5 Å². The van der Waals surface area contributed by atoms with Crippen molar-refractivity contribution < 1.29 is 24.0 Å². The van der Waals surface area contributed by atoms with E-state index in [9.17, 15) is 19.5 Å². The molecule has 7 nitrogen and oxygen atoms in total. The van der Waals surface area contributed by atoms with Crippen LogP contribution in [0.5, 0.6) is 0 Å². The maximum absolute atomic E-state index is 14.4. The highest BCUT2D eigenvalue weighted by Crippen LogP contribution is 2.40. The third-order valence-electron chi connectivity index (χ3n) is 7.63. The van der Waals surface area contributed by atoms with Gasteiger partial charge in [-0.3, -0.25) is 0 Å². The Balaban J connectivity index is 1.80. The number of benzene rings is 3. The molecule has 0 spiro atoms. The van der Waals surface area contributed by atoms with Crippen LogP contribution in [0.4, 0.5) is 16.2 Å². The fourth-order valence-corrected chi connectivity index (χ4v) is 5.94. The molecule has 4 rings (SSSR count). The third kappa shape index (κ3) is 4.71. The van der Waals surface area contributed by atoms with Crippen molar-refractivity contribution in [2.75, 3.05) is 17.2 Å². The van der Waals surface area contributed by atoms with Crippen molar-refractivity contribution in [1.29, 1.82) is 0 Å². The number of rotatable bonds is 4.